The highest BCUT2D eigenvalue weighted by atomic mass is 19.1. The molecule has 2 aromatic carbocycles. The number of rotatable bonds is 4. The minimum Gasteiger partial charge on any atom is -0.508 e. The minimum absolute atomic E-state index is 0.00801. The van der Waals surface area contributed by atoms with Gasteiger partial charge in [-0.15, -0.1) is 6.42 Å². The number of pyridine rings is 1. The van der Waals surface area contributed by atoms with Crippen LogP contribution in [0.4, 0.5) is 19.0 Å². The molecular formula is C35H34F3N5O3. The quantitative estimate of drug-likeness (QED) is 0.288. The van der Waals surface area contributed by atoms with E-state index >= 15 is 4.39 Å². The zero-order valence-corrected chi connectivity index (χ0v) is 25.4. The number of hydrogen-bond acceptors (Lipinski definition) is 8. The molecule has 46 heavy (non-hydrogen) atoms. The van der Waals surface area contributed by atoms with Crippen LogP contribution in [-0.2, 0) is 11.2 Å². The molecule has 238 valence electrons. The first-order valence-corrected chi connectivity index (χ1v) is 16.0. The van der Waals surface area contributed by atoms with Crippen LogP contribution in [0.1, 0.15) is 49.8 Å². The van der Waals surface area contributed by atoms with Crippen LogP contribution in [0, 0.1) is 24.0 Å². The van der Waals surface area contributed by atoms with E-state index in [9.17, 15) is 13.9 Å². The van der Waals surface area contributed by atoms with Gasteiger partial charge in [-0.1, -0.05) is 12.0 Å². The van der Waals surface area contributed by atoms with E-state index in [0.717, 1.165) is 38.6 Å². The molecule has 4 aliphatic heterocycles. The zero-order chi connectivity index (χ0) is 31.6. The van der Waals surface area contributed by atoms with Crippen molar-refractivity contribution in [3.05, 3.63) is 47.2 Å². The van der Waals surface area contributed by atoms with Crippen LogP contribution in [0.2, 0.25) is 0 Å². The van der Waals surface area contributed by atoms with Crippen LogP contribution < -0.4 is 9.64 Å². The van der Waals surface area contributed by atoms with Crippen LogP contribution in [0.5, 0.6) is 11.8 Å². The van der Waals surface area contributed by atoms with E-state index in [2.05, 4.69) is 20.7 Å². The summed E-state index contributed by atoms with van der Waals surface area (Å²) in [5.41, 5.74) is 0.226. The van der Waals surface area contributed by atoms with Crippen LogP contribution >= 0.6 is 0 Å². The second-order valence-electron chi connectivity index (χ2n) is 12.9. The Labute approximate surface area is 264 Å². The number of anilines is 1. The summed E-state index contributed by atoms with van der Waals surface area (Å²) >= 11 is 0. The van der Waals surface area contributed by atoms with Gasteiger partial charge in [0.15, 0.2) is 5.82 Å². The molecule has 0 saturated carbocycles. The Morgan fingerprint density at radius 3 is 2.85 bits per heavy atom. The van der Waals surface area contributed by atoms with Crippen molar-refractivity contribution < 1.29 is 27.8 Å². The molecule has 1 N–H and O–H groups in total. The van der Waals surface area contributed by atoms with E-state index in [-0.39, 0.29) is 52.1 Å². The van der Waals surface area contributed by atoms with Crippen LogP contribution in [0.3, 0.4) is 0 Å². The number of phenolic OH excluding ortho intramolecular Hbond substituents is 1. The molecule has 0 bridgehead atoms. The van der Waals surface area contributed by atoms with Gasteiger partial charge in [-0.05, 0) is 68.7 Å². The fourth-order valence-electron chi connectivity index (χ4n) is 8.14. The SMILES string of the molecule is C#Cc1c(F)ccc2cc(O)cc(-c3nc4c5c(nc(OCC67CCCN6C[C@H](F)C7)nc5c3F)N3CCOCC[C@@H]3CCC4)c12. The standard InChI is InChI=1S/C35H34F3N5O3/c1-2-24-26(37)8-7-20-15-23(44)16-25(28(20)24)31-30(38)32-29-27(39-31)6-3-5-22-9-13-45-14-12-43(22)33(29)41-34(40-32)46-19-35-10-4-11-42(35)18-21(36)17-35/h1,7-8,15-16,21-22,44H,3-6,9-14,17-19H2/t21-,22+,35?/m1/s1. The van der Waals surface area contributed by atoms with Gasteiger partial charge in [0, 0.05) is 43.1 Å². The fourth-order valence-corrected chi connectivity index (χ4v) is 8.14. The lowest BCUT2D eigenvalue weighted by atomic mass is 9.94. The first kappa shape index (κ1) is 29.3. The Hall–Kier alpha value is -4.14. The number of terminal acetylenes is 1. The molecule has 0 spiro atoms. The number of aryl methyl sites for hydroxylation is 1. The van der Waals surface area contributed by atoms with E-state index in [1.54, 1.807) is 0 Å². The topological polar surface area (TPSA) is 83.8 Å². The van der Waals surface area contributed by atoms with E-state index in [1.807, 2.05) is 0 Å². The Morgan fingerprint density at radius 1 is 1.09 bits per heavy atom. The molecule has 11 heteroatoms. The average Bonchev–Trinajstić information content (AvgIpc) is 3.46. The maximum Gasteiger partial charge on any atom is 0.319 e. The van der Waals surface area contributed by atoms with Gasteiger partial charge < -0.3 is 19.5 Å². The highest BCUT2D eigenvalue weighted by Gasteiger charge is 2.49. The second-order valence-corrected chi connectivity index (χ2v) is 12.9. The zero-order valence-electron chi connectivity index (χ0n) is 25.4. The lowest BCUT2D eigenvalue weighted by Crippen LogP contribution is -2.43. The Morgan fingerprint density at radius 2 is 1.98 bits per heavy atom. The summed E-state index contributed by atoms with van der Waals surface area (Å²) in [4.78, 5) is 18.7. The molecule has 0 amide bonds. The molecular weight excluding hydrogens is 595 g/mol. The number of hydrogen-bond donors (Lipinski definition) is 1. The van der Waals surface area contributed by atoms with Gasteiger partial charge in [0.2, 0.25) is 0 Å². The lowest BCUT2D eigenvalue weighted by Gasteiger charge is -2.34. The van der Waals surface area contributed by atoms with E-state index < -0.39 is 23.3 Å². The van der Waals surface area contributed by atoms with Gasteiger partial charge in [-0.2, -0.15) is 9.97 Å². The monoisotopic (exact) mass is 629 g/mol. The molecule has 4 aliphatic rings. The van der Waals surface area contributed by atoms with Crippen molar-refractivity contribution in [2.45, 2.75) is 62.7 Å². The van der Waals surface area contributed by atoms with Crippen molar-refractivity contribution in [2.24, 2.45) is 0 Å². The molecule has 0 radical (unpaired) electrons. The predicted molar refractivity (Wildman–Crippen MR) is 168 cm³/mol. The number of phenols is 1. The van der Waals surface area contributed by atoms with Gasteiger partial charge in [0.25, 0.3) is 0 Å². The van der Waals surface area contributed by atoms with Crippen molar-refractivity contribution in [2.75, 3.05) is 44.4 Å². The van der Waals surface area contributed by atoms with Crippen molar-refractivity contribution >= 4 is 27.5 Å². The van der Waals surface area contributed by atoms with Crippen LogP contribution in [-0.4, -0.2) is 82.2 Å². The van der Waals surface area contributed by atoms with Crippen molar-refractivity contribution in [1.82, 2.24) is 19.9 Å². The number of alkyl halides is 1. The Balaban J connectivity index is 1.34. The molecule has 3 fully saturated rings. The van der Waals surface area contributed by atoms with E-state index in [0.29, 0.717) is 61.4 Å². The normalized spacial score (nSPS) is 24.7. The molecule has 0 aliphatic carbocycles. The Kier molecular flexibility index (Phi) is 7.18. The third-order valence-corrected chi connectivity index (χ3v) is 10.2. The summed E-state index contributed by atoms with van der Waals surface area (Å²) in [6.45, 7) is 3.06. The number of benzene rings is 2. The molecule has 6 heterocycles. The summed E-state index contributed by atoms with van der Waals surface area (Å²) in [6, 6.07) is 5.69. The predicted octanol–water partition coefficient (Wildman–Crippen LogP) is 5.70. The molecule has 8 rings (SSSR count). The molecule has 8 nitrogen and oxygen atoms in total. The number of fused-ring (bicyclic) bond motifs is 4. The van der Waals surface area contributed by atoms with Gasteiger partial charge in [0.1, 0.15) is 41.4 Å². The number of aromatic hydroxyl groups is 1. The average molecular weight is 630 g/mol. The van der Waals surface area contributed by atoms with E-state index in [4.69, 9.17) is 25.9 Å². The third-order valence-electron chi connectivity index (χ3n) is 10.2. The van der Waals surface area contributed by atoms with Gasteiger partial charge >= 0.3 is 6.01 Å². The van der Waals surface area contributed by atoms with Crippen molar-refractivity contribution in [1.29, 1.82) is 0 Å². The third kappa shape index (κ3) is 4.73. The summed E-state index contributed by atoms with van der Waals surface area (Å²) in [5.74, 6) is 1.42. The smallest absolute Gasteiger partial charge is 0.319 e. The van der Waals surface area contributed by atoms with Gasteiger partial charge in [-0.3, -0.25) is 4.90 Å². The number of halogens is 3. The lowest BCUT2D eigenvalue weighted by molar-refractivity contribution is 0.107. The first-order chi connectivity index (χ1) is 22.3. The Bertz CT molecular complexity index is 1920. The number of aromatic nitrogens is 3. The molecule has 3 saturated heterocycles. The highest BCUT2D eigenvalue weighted by Crippen LogP contribution is 2.43. The molecule has 3 atom stereocenters. The number of nitrogens with zero attached hydrogens (tertiary/aromatic N) is 5. The summed E-state index contributed by atoms with van der Waals surface area (Å²) < 4.78 is 58.6. The minimum atomic E-state index is -0.920. The summed E-state index contributed by atoms with van der Waals surface area (Å²) in [7, 11) is 0. The maximum absolute atomic E-state index is 17.1. The highest BCUT2D eigenvalue weighted by molar-refractivity contribution is 6.03. The van der Waals surface area contributed by atoms with E-state index in [1.165, 1.54) is 24.3 Å². The molecule has 1 unspecified atom stereocenters. The summed E-state index contributed by atoms with van der Waals surface area (Å²) in [5, 5.41) is 11.9. The van der Waals surface area contributed by atoms with Gasteiger partial charge in [-0.25, -0.2) is 18.2 Å². The van der Waals surface area contributed by atoms with Crippen molar-refractivity contribution in [3.8, 4) is 35.4 Å². The summed E-state index contributed by atoms with van der Waals surface area (Å²) in [6.07, 6.45) is 9.95. The second kappa shape index (κ2) is 11.3. The molecule has 2 aromatic heterocycles. The van der Waals surface area contributed by atoms with Gasteiger partial charge in [0.05, 0.1) is 28.8 Å². The van der Waals surface area contributed by atoms with Crippen LogP contribution in [0.25, 0.3) is 32.9 Å². The van der Waals surface area contributed by atoms with Crippen molar-refractivity contribution in [3.63, 3.8) is 0 Å². The largest absolute Gasteiger partial charge is 0.508 e. The fraction of sp³-hybridized carbons (Fsp3) is 0.457. The number of ether oxygens (including phenoxy) is 2. The maximum atomic E-state index is 17.1. The van der Waals surface area contributed by atoms with Crippen LogP contribution in [0.15, 0.2) is 24.3 Å². The first-order valence-electron chi connectivity index (χ1n) is 16.0. The molecule has 4 aromatic rings.